The molecule has 0 bridgehead atoms. The van der Waals surface area contributed by atoms with Gasteiger partial charge in [-0.25, -0.2) is 0 Å². The average molecular weight is 302 g/mol. The van der Waals surface area contributed by atoms with Crippen LogP contribution in [0.4, 0.5) is 13.2 Å². The Balaban J connectivity index is 2.29. The van der Waals surface area contributed by atoms with Gasteiger partial charge in [0.25, 0.3) is 0 Å². The van der Waals surface area contributed by atoms with Crippen molar-refractivity contribution < 1.29 is 17.9 Å². The number of halogens is 3. The first-order valence-corrected chi connectivity index (χ1v) is 7.10. The van der Waals surface area contributed by atoms with Gasteiger partial charge in [-0.05, 0) is 31.0 Å². The van der Waals surface area contributed by atoms with Gasteiger partial charge in [0.1, 0.15) is 0 Å². The lowest BCUT2D eigenvalue weighted by atomic mass is 9.96. The summed E-state index contributed by atoms with van der Waals surface area (Å²) in [6, 6.07) is 5.26. The van der Waals surface area contributed by atoms with Gasteiger partial charge in [0.15, 0.2) is 0 Å². The summed E-state index contributed by atoms with van der Waals surface area (Å²) in [6.07, 6.45) is -2.46. The van der Waals surface area contributed by atoms with Gasteiger partial charge >= 0.3 is 6.18 Å². The van der Waals surface area contributed by atoms with E-state index in [4.69, 9.17) is 10.5 Å². The van der Waals surface area contributed by atoms with E-state index in [1.165, 1.54) is 12.1 Å². The number of rotatable bonds is 4. The van der Waals surface area contributed by atoms with Crippen molar-refractivity contribution in [1.82, 2.24) is 4.90 Å². The van der Waals surface area contributed by atoms with Crippen molar-refractivity contribution >= 4 is 0 Å². The van der Waals surface area contributed by atoms with E-state index in [2.05, 4.69) is 0 Å². The summed E-state index contributed by atoms with van der Waals surface area (Å²) in [4.78, 5) is 2.00. The molecule has 0 spiro atoms. The summed E-state index contributed by atoms with van der Waals surface area (Å²) in [7, 11) is 1.63. The molecule has 2 atom stereocenters. The summed E-state index contributed by atoms with van der Waals surface area (Å²) in [5, 5.41) is 0. The van der Waals surface area contributed by atoms with Crippen molar-refractivity contribution in [3.8, 4) is 0 Å². The molecule has 1 aliphatic heterocycles. The van der Waals surface area contributed by atoms with E-state index in [-0.39, 0.29) is 18.2 Å². The lowest BCUT2D eigenvalue weighted by molar-refractivity contribution is -0.138. The van der Waals surface area contributed by atoms with E-state index < -0.39 is 17.8 Å². The van der Waals surface area contributed by atoms with Crippen LogP contribution in [0.1, 0.15) is 30.0 Å². The van der Waals surface area contributed by atoms with Crippen LogP contribution in [0.15, 0.2) is 24.3 Å². The van der Waals surface area contributed by atoms with Crippen LogP contribution in [0.3, 0.4) is 0 Å². The number of piperidine rings is 1. The van der Waals surface area contributed by atoms with Gasteiger partial charge < -0.3 is 10.5 Å². The number of methoxy groups -OCH3 is 1. The third kappa shape index (κ3) is 3.75. The molecule has 3 nitrogen and oxygen atoms in total. The van der Waals surface area contributed by atoms with Crippen molar-refractivity contribution in [3.05, 3.63) is 35.4 Å². The second-order valence-electron chi connectivity index (χ2n) is 5.33. The fourth-order valence-electron chi connectivity index (χ4n) is 2.96. The van der Waals surface area contributed by atoms with Crippen LogP contribution in [0, 0.1) is 0 Å². The molecule has 1 aromatic rings. The van der Waals surface area contributed by atoms with Gasteiger partial charge in [-0.15, -0.1) is 0 Å². The lowest BCUT2D eigenvalue weighted by Gasteiger charge is -2.38. The van der Waals surface area contributed by atoms with Gasteiger partial charge in [-0.3, -0.25) is 4.90 Å². The minimum Gasteiger partial charge on any atom is -0.380 e. The minimum atomic E-state index is -4.36. The molecular formula is C15H21F3N2O. The second-order valence-corrected chi connectivity index (χ2v) is 5.33. The molecule has 2 N–H and O–H groups in total. The highest BCUT2D eigenvalue weighted by atomic mass is 19.4. The van der Waals surface area contributed by atoms with Gasteiger partial charge in [0.05, 0.1) is 11.7 Å². The predicted octanol–water partition coefficient (Wildman–Crippen LogP) is 2.82. The fourth-order valence-corrected chi connectivity index (χ4v) is 2.96. The Morgan fingerprint density at radius 3 is 2.71 bits per heavy atom. The summed E-state index contributed by atoms with van der Waals surface area (Å²) < 4.78 is 44.9. The number of hydrogen-bond acceptors (Lipinski definition) is 3. The molecule has 1 saturated heterocycles. The molecule has 2 rings (SSSR count). The molecule has 2 unspecified atom stereocenters. The number of alkyl halides is 3. The molecule has 1 aliphatic rings. The second kappa shape index (κ2) is 6.77. The highest BCUT2D eigenvalue weighted by Crippen LogP contribution is 2.36. The molecule has 1 heterocycles. The highest BCUT2D eigenvalue weighted by Gasteiger charge is 2.36. The van der Waals surface area contributed by atoms with E-state index in [0.717, 1.165) is 25.5 Å². The van der Waals surface area contributed by atoms with Gasteiger partial charge in [-0.1, -0.05) is 18.2 Å². The minimum absolute atomic E-state index is 0.0610. The van der Waals surface area contributed by atoms with Gasteiger partial charge in [-0.2, -0.15) is 13.2 Å². The van der Waals surface area contributed by atoms with E-state index in [9.17, 15) is 13.2 Å². The lowest BCUT2D eigenvalue weighted by Crippen LogP contribution is -2.44. The van der Waals surface area contributed by atoms with Crippen LogP contribution < -0.4 is 5.73 Å². The Hall–Kier alpha value is -1.11. The zero-order chi connectivity index (χ0) is 15.5. The largest absolute Gasteiger partial charge is 0.416 e. The summed E-state index contributed by atoms with van der Waals surface area (Å²) in [6.45, 7) is 1.52. The Kier molecular flexibility index (Phi) is 5.24. The number of hydrogen-bond donors (Lipinski definition) is 1. The molecule has 0 saturated carbocycles. The summed E-state index contributed by atoms with van der Waals surface area (Å²) in [5.74, 6) is 0. The highest BCUT2D eigenvalue weighted by molar-refractivity contribution is 5.32. The molecule has 0 aliphatic carbocycles. The van der Waals surface area contributed by atoms with Gasteiger partial charge in [0.2, 0.25) is 0 Å². The third-order valence-corrected chi connectivity index (χ3v) is 4.03. The molecule has 0 amide bonds. The molecule has 1 aromatic carbocycles. The number of ether oxygens (including phenoxy) is 1. The molecule has 1 fully saturated rings. The molecular weight excluding hydrogens is 281 g/mol. The zero-order valence-electron chi connectivity index (χ0n) is 12.1. The number of likely N-dealkylation sites (tertiary alicyclic amines) is 1. The normalized spacial score (nSPS) is 22.2. The topological polar surface area (TPSA) is 38.5 Å². The van der Waals surface area contributed by atoms with Crippen LogP contribution in [-0.2, 0) is 10.9 Å². The van der Waals surface area contributed by atoms with Crippen molar-refractivity contribution in [1.29, 1.82) is 0 Å². The number of benzene rings is 1. The van der Waals surface area contributed by atoms with E-state index in [0.29, 0.717) is 6.54 Å². The monoisotopic (exact) mass is 302 g/mol. The Morgan fingerprint density at radius 1 is 1.38 bits per heavy atom. The fraction of sp³-hybridized carbons (Fsp3) is 0.600. The SMILES string of the molecule is COC1CCCN(C(CN)c2ccccc2C(F)(F)F)C1. The van der Waals surface area contributed by atoms with Crippen LogP contribution in [-0.4, -0.2) is 37.7 Å². The maximum absolute atomic E-state index is 13.2. The van der Waals surface area contributed by atoms with Crippen LogP contribution >= 0.6 is 0 Å². The summed E-state index contributed by atoms with van der Waals surface area (Å²) >= 11 is 0. The van der Waals surface area contributed by atoms with E-state index in [1.807, 2.05) is 4.90 Å². The van der Waals surface area contributed by atoms with Crippen LogP contribution in [0.25, 0.3) is 0 Å². The Morgan fingerprint density at radius 2 is 2.10 bits per heavy atom. The average Bonchev–Trinajstić information content (AvgIpc) is 2.48. The molecule has 6 heteroatoms. The Bertz CT molecular complexity index is 464. The van der Waals surface area contributed by atoms with E-state index >= 15 is 0 Å². The van der Waals surface area contributed by atoms with Gasteiger partial charge in [0, 0.05) is 26.2 Å². The van der Waals surface area contributed by atoms with Crippen LogP contribution in [0.5, 0.6) is 0 Å². The molecule has 0 aromatic heterocycles. The maximum atomic E-state index is 13.2. The Labute approximate surface area is 122 Å². The molecule has 118 valence electrons. The first-order chi connectivity index (χ1) is 9.97. The van der Waals surface area contributed by atoms with Crippen LogP contribution in [0.2, 0.25) is 0 Å². The number of nitrogens with zero attached hydrogens (tertiary/aromatic N) is 1. The van der Waals surface area contributed by atoms with E-state index in [1.54, 1.807) is 13.2 Å². The quantitative estimate of drug-likeness (QED) is 0.929. The molecule has 21 heavy (non-hydrogen) atoms. The van der Waals surface area contributed by atoms with Crippen molar-refractivity contribution in [2.24, 2.45) is 5.73 Å². The van der Waals surface area contributed by atoms with Crippen molar-refractivity contribution in [3.63, 3.8) is 0 Å². The van der Waals surface area contributed by atoms with Crippen molar-refractivity contribution in [2.45, 2.75) is 31.2 Å². The number of nitrogens with two attached hydrogens (primary N) is 1. The molecule has 0 radical (unpaired) electrons. The van der Waals surface area contributed by atoms with Crippen molar-refractivity contribution in [2.75, 3.05) is 26.7 Å². The zero-order valence-corrected chi connectivity index (χ0v) is 12.1. The first-order valence-electron chi connectivity index (χ1n) is 7.10. The third-order valence-electron chi connectivity index (χ3n) is 4.03. The maximum Gasteiger partial charge on any atom is 0.416 e. The predicted molar refractivity (Wildman–Crippen MR) is 74.8 cm³/mol. The first kappa shape index (κ1) is 16.3. The summed E-state index contributed by atoms with van der Waals surface area (Å²) in [5.41, 5.74) is 5.44. The smallest absolute Gasteiger partial charge is 0.380 e. The standard InChI is InChI=1S/C15H21F3N2O/c1-21-11-5-4-8-20(10-11)14(9-19)12-6-2-3-7-13(12)15(16,17)18/h2-3,6-7,11,14H,4-5,8-10,19H2,1H3.